The number of imidazole rings is 1. The van der Waals surface area contributed by atoms with Crippen LogP contribution in [0.5, 0.6) is 0 Å². The van der Waals surface area contributed by atoms with Crippen LogP contribution in [0.25, 0.3) is 11.2 Å². The van der Waals surface area contributed by atoms with Crippen molar-refractivity contribution in [1.29, 1.82) is 0 Å². The maximum Gasteiger partial charge on any atom is 0.231 e. The maximum atomic E-state index is 4.55. The van der Waals surface area contributed by atoms with Crippen LogP contribution in [-0.2, 0) is 6.54 Å². The summed E-state index contributed by atoms with van der Waals surface area (Å²) in [6.07, 6.45) is 4.24. The van der Waals surface area contributed by atoms with E-state index in [-0.39, 0.29) is 0 Å². The van der Waals surface area contributed by atoms with E-state index in [0.717, 1.165) is 29.5 Å². The summed E-state index contributed by atoms with van der Waals surface area (Å²) in [6.45, 7) is 4.48. The quantitative estimate of drug-likeness (QED) is 0.568. The van der Waals surface area contributed by atoms with Crippen molar-refractivity contribution < 1.29 is 0 Å². The lowest BCUT2D eigenvalue weighted by Gasteiger charge is -2.34. The minimum Gasteiger partial charge on any atom is -0.371 e. The van der Waals surface area contributed by atoms with E-state index in [1.165, 1.54) is 38.0 Å². The summed E-state index contributed by atoms with van der Waals surface area (Å²) in [4.78, 5) is 21.2. The Kier molecular flexibility index (Phi) is 5.92. The molecule has 4 rings (SSSR count). The molecule has 0 bridgehead atoms. The minimum absolute atomic E-state index is 0.537. The number of fused-ring (bicyclic) bond motifs is 1. The first kappa shape index (κ1) is 19.6. The Hall–Kier alpha value is -2.71. The summed E-state index contributed by atoms with van der Waals surface area (Å²) in [5.41, 5.74) is 3.74. The van der Waals surface area contributed by atoms with E-state index in [1.807, 2.05) is 13.1 Å². The predicted octanol–water partition coefficient (Wildman–Crippen LogP) is 2.91. The van der Waals surface area contributed by atoms with Crippen LogP contribution >= 0.6 is 0 Å². The number of anilines is 3. The summed E-state index contributed by atoms with van der Waals surface area (Å²) in [7, 11) is 6.17. The Morgan fingerprint density at radius 3 is 3.00 bits per heavy atom. The fraction of sp³-hybridized carbons (Fsp3) is 0.476. The number of likely N-dealkylation sites (tertiary alicyclic amines) is 1. The molecule has 1 fully saturated rings. The molecule has 3 heterocycles. The van der Waals surface area contributed by atoms with E-state index in [1.54, 1.807) is 6.33 Å². The number of rotatable bonds is 7. The topological polar surface area (TPSA) is 85.0 Å². The molecule has 8 nitrogen and oxygen atoms in total. The largest absolute Gasteiger partial charge is 0.371 e. The van der Waals surface area contributed by atoms with Crippen molar-refractivity contribution in [3.05, 3.63) is 36.2 Å². The summed E-state index contributed by atoms with van der Waals surface area (Å²) in [5, 5.41) is 6.42. The van der Waals surface area contributed by atoms with Crippen molar-refractivity contribution in [2.75, 3.05) is 51.4 Å². The lowest BCUT2D eigenvalue weighted by molar-refractivity contribution is 0.145. The average molecular weight is 395 g/mol. The fourth-order valence-corrected chi connectivity index (χ4v) is 4.17. The van der Waals surface area contributed by atoms with Gasteiger partial charge in [0.1, 0.15) is 5.52 Å². The van der Waals surface area contributed by atoms with E-state index in [2.05, 4.69) is 72.7 Å². The number of aromatic nitrogens is 4. The highest BCUT2D eigenvalue weighted by Gasteiger charge is 2.20. The molecular formula is C21H30N8. The van der Waals surface area contributed by atoms with Crippen LogP contribution in [0.3, 0.4) is 0 Å². The third-order valence-corrected chi connectivity index (χ3v) is 5.34. The number of H-pyrrole nitrogens is 1. The molecule has 1 aliphatic heterocycles. The Morgan fingerprint density at radius 2 is 2.17 bits per heavy atom. The van der Waals surface area contributed by atoms with Crippen LogP contribution in [-0.4, -0.2) is 70.5 Å². The first-order chi connectivity index (χ1) is 14.1. The number of piperidine rings is 1. The molecule has 0 saturated carbocycles. The molecule has 0 aliphatic carbocycles. The molecule has 0 spiro atoms. The molecule has 1 unspecified atom stereocenters. The molecular weight excluding hydrogens is 364 g/mol. The zero-order chi connectivity index (χ0) is 20.2. The van der Waals surface area contributed by atoms with Gasteiger partial charge in [-0.2, -0.15) is 9.97 Å². The second-order valence-corrected chi connectivity index (χ2v) is 8.08. The molecule has 1 aromatic carbocycles. The van der Waals surface area contributed by atoms with E-state index in [4.69, 9.17) is 0 Å². The van der Waals surface area contributed by atoms with Crippen LogP contribution < -0.4 is 10.6 Å². The van der Waals surface area contributed by atoms with E-state index in [0.29, 0.717) is 11.6 Å². The second kappa shape index (κ2) is 8.75. The number of benzene rings is 1. The van der Waals surface area contributed by atoms with Crippen molar-refractivity contribution in [3.8, 4) is 0 Å². The smallest absolute Gasteiger partial charge is 0.231 e. The van der Waals surface area contributed by atoms with Gasteiger partial charge in [0.15, 0.2) is 11.5 Å². The molecule has 29 heavy (non-hydrogen) atoms. The average Bonchev–Trinajstić information content (AvgIpc) is 3.16. The van der Waals surface area contributed by atoms with Crippen LogP contribution in [0, 0.1) is 5.92 Å². The molecule has 3 aromatic rings. The van der Waals surface area contributed by atoms with Crippen LogP contribution in [0.15, 0.2) is 30.6 Å². The van der Waals surface area contributed by atoms with Gasteiger partial charge in [0.05, 0.1) is 6.33 Å². The van der Waals surface area contributed by atoms with Crippen molar-refractivity contribution in [3.63, 3.8) is 0 Å². The van der Waals surface area contributed by atoms with Crippen LogP contribution in [0.1, 0.15) is 18.4 Å². The van der Waals surface area contributed by atoms with Crippen LogP contribution in [0.2, 0.25) is 0 Å². The van der Waals surface area contributed by atoms with E-state index in [9.17, 15) is 0 Å². The van der Waals surface area contributed by atoms with E-state index < -0.39 is 0 Å². The standard InChI is InChI=1S/C21H30N8/c1-22-19-18-20(24-14-23-18)27-21(26-19)25-17-8-4-6-15(10-17)12-29-9-5-7-16(13-29)11-28(2)3/h4,6,8,10,14,16H,5,7,9,11-13H2,1-3H3,(H3,22,23,24,25,26,27). The molecule has 0 radical (unpaired) electrons. The number of nitrogens with zero attached hydrogens (tertiary/aromatic N) is 5. The third-order valence-electron chi connectivity index (χ3n) is 5.34. The molecule has 0 amide bonds. The van der Waals surface area contributed by atoms with Crippen LogP contribution in [0.4, 0.5) is 17.5 Å². The summed E-state index contributed by atoms with van der Waals surface area (Å²) in [6, 6.07) is 8.51. The highest BCUT2D eigenvalue weighted by atomic mass is 15.2. The van der Waals surface area contributed by atoms with Crippen molar-refractivity contribution in [2.24, 2.45) is 5.92 Å². The summed E-state index contributed by atoms with van der Waals surface area (Å²) < 4.78 is 0. The highest BCUT2D eigenvalue weighted by molar-refractivity contribution is 5.83. The third kappa shape index (κ3) is 4.83. The first-order valence-corrected chi connectivity index (χ1v) is 10.2. The monoisotopic (exact) mass is 394 g/mol. The minimum atomic E-state index is 0.537. The van der Waals surface area contributed by atoms with Gasteiger partial charge in [0, 0.05) is 32.4 Å². The Morgan fingerprint density at radius 1 is 1.28 bits per heavy atom. The normalized spacial score (nSPS) is 17.7. The Bertz CT molecular complexity index is 951. The van der Waals surface area contributed by atoms with Gasteiger partial charge >= 0.3 is 0 Å². The second-order valence-electron chi connectivity index (χ2n) is 8.08. The Balaban J connectivity index is 1.45. The van der Waals surface area contributed by atoms with Gasteiger partial charge < -0.3 is 20.5 Å². The SMILES string of the molecule is CNc1nc(Nc2cccc(CN3CCCC(CN(C)C)C3)c2)nc2nc[nH]c12. The van der Waals surface area contributed by atoms with Crippen molar-refractivity contribution >= 4 is 28.6 Å². The molecule has 154 valence electrons. The van der Waals surface area contributed by atoms with Gasteiger partial charge in [-0.25, -0.2) is 4.98 Å². The number of hydrogen-bond donors (Lipinski definition) is 3. The Labute approximate surface area is 171 Å². The van der Waals surface area contributed by atoms with Crippen molar-refractivity contribution in [2.45, 2.75) is 19.4 Å². The number of nitrogens with one attached hydrogen (secondary N) is 3. The highest BCUT2D eigenvalue weighted by Crippen LogP contribution is 2.23. The molecule has 1 atom stereocenters. The van der Waals surface area contributed by atoms with Gasteiger partial charge in [-0.05, 0) is 57.1 Å². The summed E-state index contributed by atoms with van der Waals surface area (Å²) >= 11 is 0. The number of hydrogen-bond acceptors (Lipinski definition) is 7. The molecule has 1 aliphatic rings. The fourth-order valence-electron chi connectivity index (χ4n) is 4.17. The maximum absolute atomic E-state index is 4.55. The molecule has 1 saturated heterocycles. The van der Waals surface area contributed by atoms with Gasteiger partial charge in [0.2, 0.25) is 5.95 Å². The summed E-state index contributed by atoms with van der Waals surface area (Å²) in [5.74, 6) is 2.02. The number of aromatic amines is 1. The zero-order valence-corrected chi connectivity index (χ0v) is 17.4. The van der Waals surface area contributed by atoms with Gasteiger partial charge in [-0.3, -0.25) is 4.90 Å². The lowest BCUT2D eigenvalue weighted by atomic mass is 9.97. The van der Waals surface area contributed by atoms with Gasteiger partial charge in [-0.1, -0.05) is 12.1 Å². The van der Waals surface area contributed by atoms with Crippen molar-refractivity contribution in [1.82, 2.24) is 29.7 Å². The molecule has 2 aromatic heterocycles. The molecule has 3 N–H and O–H groups in total. The van der Waals surface area contributed by atoms with E-state index >= 15 is 0 Å². The lowest BCUT2D eigenvalue weighted by Crippen LogP contribution is -2.38. The van der Waals surface area contributed by atoms with Gasteiger partial charge in [-0.15, -0.1) is 0 Å². The van der Waals surface area contributed by atoms with Gasteiger partial charge in [0.25, 0.3) is 0 Å². The first-order valence-electron chi connectivity index (χ1n) is 10.2. The predicted molar refractivity (Wildman–Crippen MR) is 118 cm³/mol. The zero-order valence-electron chi connectivity index (χ0n) is 17.4. The molecule has 8 heteroatoms.